The summed E-state index contributed by atoms with van der Waals surface area (Å²) in [7, 11) is -3.34. The lowest BCUT2D eigenvalue weighted by Gasteiger charge is -2.50. The molecule has 13 heteroatoms. The summed E-state index contributed by atoms with van der Waals surface area (Å²) in [5.74, 6) is -2.89. The van der Waals surface area contributed by atoms with Crippen molar-refractivity contribution in [3.05, 3.63) is 99.0 Å². The second-order valence-electron chi connectivity index (χ2n) is 12.0. The van der Waals surface area contributed by atoms with Crippen LogP contribution in [0.4, 0.5) is 8.78 Å². The number of aromatic nitrogens is 1. The van der Waals surface area contributed by atoms with Crippen LogP contribution in [0.1, 0.15) is 65.6 Å². The van der Waals surface area contributed by atoms with Crippen LogP contribution in [0.5, 0.6) is 5.75 Å². The molecule has 5 rings (SSSR count). The zero-order chi connectivity index (χ0) is 33.8. The first-order valence-electron chi connectivity index (χ1n) is 15.8. The van der Waals surface area contributed by atoms with Crippen LogP contribution in [-0.2, 0) is 33.3 Å². The Hall–Kier alpha value is -3.70. The van der Waals surface area contributed by atoms with Gasteiger partial charge < -0.3 is 23.7 Å². The van der Waals surface area contributed by atoms with Crippen molar-refractivity contribution in [1.82, 2.24) is 14.8 Å². The van der Waals surface area contributed by atoms with E-state index in [0.29, 0.717) is 32.0 Å². The molecule has 0 unspecified atom stereocenters. The Morgan fingerprint density at radius 3 is 2.49 bits per heavy atom. The van der Waals surface area contributed by atoms with Gasteiger partial charge in [0.15, 0.2) is 11.5 Å². The molecule has 2 aliphatic heterocycles. The summed E-state index contributed by atoms with van der Waals surface area (Å²) in [5.41, 5.74) is -1.05. The van der Waals surface area contributed by atoms with Gasteiger partial charge in [0.1, 0.15) is 29.5 Å². The maximum atomic E-state index is 14.4. The third-order valence-electron chi connectivity index (χ3n) is 8.90. The lowest BCUT2D eigenvalue weighted by atomic mass is 9.68. The van der Waals surface area contributed by atoms with Crippen LogP contribution in [0.3, 0.4) is 0 Å². The number of pyridine rings is 1. The van der Waals surface area contributed by atoms with Crippen molar-refractivity contribution in [2.24, 2.45) is 5.41 Å². The molecule has 10 nitrogen and oxygen atoms in total. The minimum atomic E-state index is -3.34. The Morgan fingerprint density at radius 2 is 1.81 bits per heavy atom. The number of Topliss-reactive ketones (excluding diaryl/α,β-unsaturated/α-hetero) is 1. The molecule has 1 aromatic heterocycles. The molecule has 2 atom stereocenters. The summed E-state index contributed by atoms with van der Waals surface area (Å²) in [6, 6.07) is 11.8. The third-order valence-corrected chi connectivity index (χ3v) is 10.9. The maximum absolute atomic E-state index is 14.4. The first-order chi connectivity index (χ1) is 22.5. The van der Waals surface area contributed by atoms with Gasteiger partial charge in [-0.15, -0.1) is 0 Å². The van der Waals surface area contributed by atoms with E-state index in [0.717, 1.165) is 11.6 Å². The van der Waals surface area contributed by atoms with Gasteiger partial charge in [0.2, 0.25) is 5.43 Å². The molecular weight excluding hydrogens is 631 g/mol. The number of piperidine rings is 1. The SMILES string of the molecule is CCOP(=O)(CCN1CCC[C@]2(C)C(=O)c3c(OCc4ccccc4)c(=O)c(C(=O)NCc4ccc(F)cc4F)cn3C[C@H]12)OCC. The van der Waals surface area contributed by atoms with Crippen LogP contribution in [0.25, 0.3) is 0 Å². The van der Waals surface area contributed by atoms with Crippen molar-refractivity contribution in [3.8, 4) is 5.75 Å². The van der Waals surface area contributed by atoms with Gasteiger partial charge in [0.05, 0.1) is 19.4 Å². The van der Waals surface area contributed by atoms with Crippen molar-refractivity contribution in [2.75, 3.05) is 32.5 Å². The lowest BCUT2D eigenvalue weighted by molar-refractivity contribution is 0.00938. The van der Waals surface area contributed by atoms with Gasteiger partial charge in [0.25, 0.3) is 5.91 Å². The van der Waals surface area contributed by atoms with Gasteiger partial charge >= 0.3 is 7.60 Å². The predicted octanol–water partition coefficient (Wildman–Crippen LogP) is 5.57. The number of amides is 1. The molecule has 1 N–H and O–H groups in total. The van der Waals surface area contributed by atoms with Crippen LogP contribution < -0.4 is 15.5 Å². The van der Waals surface area contributed by atoms with Gasteiger partial charge in [-0.05, 0) is 44.9 Å². The number of hydrogen-bond donors (Lipinski definition) is 1. The highest BCUT2D eigenvalue weighted by Crippen LogP contribution is 2.49. The molecule has 3 heterocycles. The van der Waals surface area contributed by atoms with E-state index in [1.54, 1.807) is 18.4 Å². The van der Waals surface area contributed by atoms with Gasteiger partial charge in [-0.1, -0.05) is 43.3 Å². The summed E-state index contributed by atoms with van der Waals surface area (Å²) < 4.78 is 59.6. The fourth-order valence-electron chi connectivity index (χ4n) is 6.47. The summed E-state index contributed by atoms with van der Waals surface area (Å²) in [6.45, 7) is 6.81. The molecule has 0 aliphatic carbocycles. The molecular formula is C34H40F2N3O7P. The molecule has 0 saturated carbocycles. The highest BCUT2D eigenvalue weighted by atomic mass is 31.2. The number of rotatable bonds is 13. The Morgan fingerprint density at radius 1 is 1.09 bits per heavy atom. The first kappa shape index (κ1) is 34.6. The number of ketones is 1. The zero-order valence-electron chi connectivity index (χ0n) is 26.8. The smallest absolute Gasteiger partial charge is 0.331 e. The van der Waals surface area contributed by atoms with Crippen LogP contribution in [0, 0.1) is 17.0 Å². The summed E-state index contributed by atoms with van der Waals surface area (Å²) >= 11 is 0. The first-order valence-corrected chi connectivity index (χ1v) is 17.6. The van der Waals surface area contributed by atoms with Gasteiger partial charge in [0, 0.05) is 48.9 Å². The van der Waals surface area contributed by atoms with E-state index in [-0.39, 0.29) is 73.5 Å². The average molecular weight is 672 g/mol. The fraction of sp³-hybridized carbons (Fsp3) is 0.441. The summed E-state index contributed by atoms with van der Waals surface area (Å²) in [4.78, 5) is 43.8. The van der Waals surface area contributed by atoms with Crippen LogP contribution in [0.15, 0.2) is 59.5 Å². The predicted molar refractivity (Wildman–Crippen MR) is 172 cm³/mol. The normalized spacial score (nSPS) is 19.6. The molecule has 1 fully saturated rings. The number of nitrogens with zero attached hydrogens (tertiary/aromatic N) is 2. The molecule has 47 heavy (non-hydrogen) atoms. The number of fused-ring (bicyclic) bond motifs is 2. The molecule has 252 valence electrons. The average Bonchev–Trinajstić information content (AvgIpc) is 3.04. The number of hydrogen-bond acceptors (Lipinski definition) is 8. The minimum Gasteiger partial charge on any atom is -0.483 e. The molecule has 0 bridgehead atoms. The topological polar surface area (TPSA) is 116 Å². The van der Waals surface area contributed by atoms with Crippen molar-refractivity contribution in [3.63, 3.8) is 0 Å². The molecule has 2 aliphatic rings. The highest BCUT2D eigenvalue weighted by Gasteiger charge is 2.52. The monoisotopic (exact) mass is 671 g/mol. The van der Waals surface area contributed by atoms with Gasteiger partial charge in [-0.25, -0.2) is 8.78 Å². The third kappa shape index (κ3) is 7.41. The van der Waals surface area contributed by atoms with E-state index in [1.807, 2.05) is 37.3 Å². The number of likely N-dealkylation sites (tertiary alicyclic amines) is 1. The minimum absolute atomic E-state index is 0.0152. The van der Waals surface area contributed by atoms with Crippen LogP contribution in [0.2, 0.25) is 0 Å². The molecule has 1 amide bonds. The standard InChI is InChI=1S/C34H40F2N3O7P/c1-4-45-47(43,46-5-2)17-16-38-15-9-14-34(3)28(38)21-39-20-26(33(42)37-19-24-12-13-25(35)18-27(24)36)30(40)31(29(39)32(34)41)44-22-23-10-7-6-8-11-23/h6-8,10-13,18,20,28H,4-5,9,14-17,19,21-22H2,1-3H3,(H,37,42)/t28-,34-/m0/s1. The number of ether oxygens (including phenoxy) is 1. The number of nitrogens with one attached hydrogen (secondary N) is 1. The van der Waals surface area contributed by atoms with Gasteiger partial charge in [-0.3, -0.25) is 23.8 Å². The van der Waals surface area contributed by atoms with Crippen molar-refractivity contribution in [1.29, 1.82) is 0 Å². The molecule has 0 radical (unpaired) electrons. The number of halogens is 2. The van der Waals surface area contributed by atoms with E-state index < -0.39 is 36.0 Å². The molecule has 1 saturated heterocycles. The molecule has 2 aromatic carbocycles. The van der Waals surface area contributed by atoms with Crippen molar-refractivity contribution < 1.29 is 36.7 Å². The van der Waals surface area contributed by atoms with E-state index >= 15 is 0 Å². The Balaban J connectivity index is 1.50. The molecule has 3 aromatic rings. The van der Waals surface area contributed by atoms with E-state index in [9.17, 15) is 27.7 Å². The van der Waals surface area contributed by atoms with Crippen molar-refractivity contribution >= 4 is 19.3 Å². The highest BCUT2D eigenvalue weighted by molar-refractivity contribution is 7.53. The number of carbonyl (C=O) groups excluding carboxylic acids is 2. The Kier molecular flexibility index (Phi) is 10.8. The second kappa shape index (κ2) is 14.6. The zero-order valence-corrected chi connectivity index (χ0v) is 27.7. The number of benzene rings is 2. The fourth-order valence-corrected chi connectivity index (χ4v) is 8.09. The lowest BCUT2D eigenvalue weighted by Crippen LogP contribution is -2.60. The van der Waals surface area contributed by atoms with Crippen molar-refractivity contribution in [2.45, 2.75) is 59.4 Å². The maximum Gasteiger partial charge on any atom is 0.331 e. The Labute approximate surface area is 272 Å². The summed E-state index contributed by atoms with van der Waals surface area (Å²) in [5, 5.41) is 2.54. The van der Waals surface area contributed by atoms with E-state index in [4.69, 9.17) is 13.8 Å². The van der Waals surface area contributed by atoms with E-state index in [2.05, 4.69) is 10.2 Å². The molecule has 0 spiro atoms. The van der Waals surface area contributed by atoms with Gasteiger partial charge in [-0.2, -0.15) is 0 Å². The van der Waals surface area contributed by atoms with Crippen LogP contribution >= 0.6 is 7.60 Å². The van der Waals surface area contributed by atoms with E-state index in [1.165, 1.54) is 12.3 Å². The Bertz CT molecular complexity index is 1720. The quantitative estimate of drug-likeness (QED) is 0.235. The second-order valence-corrected chi connectivity index (χ2v) is 14.2. The van der Waals surface area contributed by atoms with Crippen LogP contribution in [-0.4, -0.2) is 59.7 Å². The number of carbonyl (C=O) groups is 2. The summed E-state index contributed by atoms with van der Waals surface area (Å²) in [6.07, 6.45) is 2.76. The largest absolute Gasteiger partial charge is 0.483 e.